The van der Waals surface area contributed by atoms with Crippen LogP contribution < -0.4 is 0 Å². The average molecular weight is 246 g/mol. The number of ether oxygens (including phenoxy) is 1. The Morgan fingerprint density at radius 2 is 2.22 bits per heavy atom. The summed E-state index contributed by atoms with van der Waals surface area (Å²) in [5.41, 5.74) is 3.75. The summed E-state index contributed by atoms with van der Waals surface area (Å²) in [5.74, 6) is 0. The van der Waals surface area contributed by atoms with Crippen LogP contribution in [0.25, 0.3) is 11.1 Å². The first-order valence-corrected chi connectivity index (χ1v) is 6.45. The van der Waals surface area contributed by atoms with Crippen LogP contribution in [0, 0.1) is 0 Å². The predicted molar refractivity (Wildman–Crippen MR) is 68.3 cm³/mol. The summed E-state index contributed by atoms with van der Waals surface area (Å²) in [6.07, 6.45) is 9.59. The predicted octanol–water partition coefficient (Wildman–Crippen LogP) is 1.73. The molecule has 0 N–H and O–H groups in total. The second kappa shape index (κ2) is 4.94. The SMILES string of the molecule is COCCn1cc(-c2cnn3c2CCCC3)cn1. The van der Waals surface area contributed by atoms with E-state index in [1.54, 1.807) is 7.11 Å². The molecule has 0 saturated carbocycles. The van der Waals surface area contributed by atoms with E-state index in [4.69, 9.17) is 4.74 Å². The molecule has 0 fully saturated rings. The lowest BCUT2D eigenvalue weighted by atomic mass is 10.0. The average Bonchev–Trinajstić information content (AvgIpc) is 3.02. The number of hydrogen-bond acceptors (Lipinski definition) is 3. The van der Waals surface area contributed by atoms with Crippen molar-refractivity contribution in [3.8, 4) is 11.1 Å². The van der Waals surface area contributed by atoms with Crippen molar-refractivity contribution in [3.63, 3.8) is 0 Å². The Kier molecular flexibility index (Phi) is 3.15. The highest BCUT2D eigenvalue weighted by molar-refractivity contribution is 5.64. The summed E-state index contributed by atoms with van der Waals surface area (Å²) in [6.45, 7) is 2.53. The van der Waals surface area contributed by atoms with E-state index >= 15 is 0 Å². The third-order valence-corrected chi connectivity index (χ3v) is 3.45. The zero-order valence-corrected chi connectivity index (χ0v) is 10.7. The van der Waals surface area contributed by atoms with Gasteiger partial charge in [0, 0.05) is 36.7 Å². The van der Waals surface area contributed by atoms with Gasteiger partial charge in [-0.05, 0) is 19.3 Å². The summed E-state index contributed by atoms with van der Waals surface area (Å²) in [4.78, 5) is 0. The second-order valence-corrected chi connectivity index (χ2v) is 4.67. The molecule has 0 unspecified atom stereocenters. The molecule has 0 aromatic carbocycles. The zero-order chi connectivity index (χ0) is 12.4. The van der Waals surface area contributed by atoms with Crippen LogP contribution in [0.4, 0.5) is 0 Å². The normalized spacial score (nSPS) is 14.7. The Labute approximate surface area is 106 Å². The molecule has 0 bridgehead atoms. The smallest absolute Gasteiger partial charge is 0.0658 e. The molecule has 1 aliphatic heterocycles. The summed E-state index contributed by atoms with van der Waals surface area (Å²) < 4.78 is 9.11. The topological polar surface area (TPSA) is 44.9 Å². The first-order valence-electron chi connectivity index (χ1n) is 6.45. The summed E-state index contributed by atoms with van der Waals surface area (Å²) in [7, 11) is 1.71. The Bertz CT molecular complexity index is 529. The third kappa shape index (κ3) is 2.06. The number of aryl methyl sites for hydroxylation is 1. The molecule has 0 saturated heterocycles. The van der Waals surface area contributed by atoms with Gasteiger partial charge in [-0.2, -0.15) is 10.2 Å². The molecule has 0 aliphatic carbocycles. The maximum absolute atomic E-state index is 5.06. The van der Waals surface area contributed by atoms with Gasteiger partial charge in [-0.25, -0.2) is 0 Å². The van der Waals surface area contributed by atoms with E-state index in [0.29, 0.717) is 6.61 Å². The van der Waals surface area contributed by atoms with Gasteiger partial charge in [0.2, 0.25) is 0 Å². The second-order valence-electron chi connectivity index (χ2n) is 4.67. The van der Waals surface area contributed by atoms with Gasteiger partial charge in [0.25, 0.3) is 0 Å². The minimum atomic E-state index is 0.688. The van der Waals surface area contributed by atoms with Crippen LogP contribution in [0.15, 0.2) is 18.6 Å². The van der Waals surface area contributed by atoms with E-state index in [2.05, 4.69) is 21.1 Å². The molecule has 5 heteroatoms. The van der Waals surface area contributed by atoms with E-state index in [1.165, 1.54) is 24.1 Å². The molecule has 2 aromatic heterocycles. The number of methoxy groups -OCH3 is 1. The van der Waals surface area contributed by atoms with Gasteiger partial charge in [0.15, 0.2) is 0 Å². The van der Waals surface area contributed by atoms with Crippen molar-refractivity contribution in [2.45, 2.75) is 32.4 Å². The molecular weight excluding hydrogens is 228 g/mol. The van der Waals surface area contributed by atoms with Crippen LogP contribution in [0.3, 0.4) is 0 Å². The molecule has 0 atom stereocenters. The van der Waals surface area contributed by atoms with E-state index < -0.39 is 0 Å². The molecule has 96 valence electrons. The van der Waals surface area contributed by atoms with Crippen molar-refractivity contribution < 1.29 is 4.74 Å². The van der Waals surface area contributed by atoms with E-state index in [0.717, 1.165) is 25.1 Å². The molecule has 1 aliphatic rings. The number of aromatic nitrogens is 4. The minimum absolute atomic E-state index is 0.688. The van der Waals surface area contributed by atoms with Crippen molar-refractivity contribution in [2.75, 3.05) is 13.7 Å². The van der Waals surface area contributed by atoms with Gasteiger partial charge in [0.05, 0.1) is 25.5 Å². The van der Waals surface area contributed by atoms with Crippen LogP contribution in [0.5, 0.6) is 0 Å². The van der Waals surface area contributed by atoms with E-state index in [1.807, 2.05) is 17.1 Å². The summed E-state index contributed by atoms with van der Waals surface area (Å²) in [5, 5.41) is 8.82. The molecule has 0 amide bonds. The fourth-order valence-corrected chi connectivity index (χ4v) is 2.47. The Morgan fingerprint density at radius 3 is 3.11 bits per heavy atom. The van der Waals surface area contributed by atoms with Gasteiger partial charge in [0.1, 0.15) is 0 Å². The number of fused-ring (bicyclic) bond motifs is 1. The third-order valence-electron chi connectivity index (χ3n) is 3.45. The van der Waals surface area contributed by atoms with Gasteiger partial charge in [-0.15, -0.1) is 0 Å². The molecule has 0 radical (unpaired) electrons. The minimum Gasteiger partial charge on any atom is -0.383 e. The number of hydrogen-bond donors (Lipinski definition) is 0. The van der Waals surface area contributed by atoms with Crippen LogP contribution in [0.2, 0.25) is 0 Å². The van der Waals surface area contributed by atoms with Crippen molar-refractivity contribution in [1.29, 1.82) is 0 Å². The van der Waals surface area contributed by atoms with Crippen LogP contribution >= 0.6 is 0 Å². The summed E-state index contributed by atoms with van der Waals surface area (Å²) in [6, 6.07) is 0. The quantitative estimate of drug-likeness (QED) is 0.825. The van der Waals surface area contributed by atoms with Crippen molar-refractivity contribution >= 4 is 0 Å². The first kappa shape index (κ1) is 11.5. The number of nitrogens with zero attached hydrogens (tertiary/aromatic N) is 4. The maximum atomic E-state index is 5.06. The summed E-state index contributed by atoms with van der Waals surface area (Å²) >= 11 is 0. The Hall–Kier alpha value is -1.62. The number of rotatable bonds is 4. The van der Waals surface area contributed by atoms with Crippen LogP contribution in [-0.2, 0) is 24.2 Å². The van der Waals surface area contributed by atoms with Gasteiger partial charge in [-0.1, -0.05) is 0 Å². The monoisotopic (exact) mass is 246 g/mol. The van der Waals surface area contributed by atoms with Gasteiger partial charge in [-0.3, -0.25) is 9.36 Å². The van der Waals surface area contributed by atoms with E-state index in [-0.39, 0.29) is 0 Å². The first-order chi connectivity index (χ1) is 8.88. The molecule has 5 nitrogen and oxygen atoms in total. The molecule has 3 heterocycles. The fraction of sp³-hybridized carbons (Fsp3) is 0.538. The van der Waals surface area contributed by atoms with Crippen LogP contribution in [0.1, 0.15) is 18.5 Å². The zero-order valence-electron chi connectivity index (χ0n) is 10.7. The highest BCUT2D eigenvalue weighted by Gasteiger charge is 2.16. The highest BCUT2D eigenvalue weighted by Crippen LogP contribution is 2.27. The van der Waals surface area contributed by atoms with Crippen LogP contribution in [-0.4, -0.2) is 33.3 Å². The highest BCUT2D eigenvalue weighted by atomic mass is 16.5. The Morgan fingerprint density at radius 1 is 1.28 bits per heavy atom. The lowest BCUT2D eigenvalue weighted by molar-refractivity contribution is 0.183. The van der Waals surface area contributed by atoms with Crippen molar-refractivity contribution in [3.05, 3.63) is 24.3 Å². The standard InChI is InChI=1S/C13H18N4O/c1-18-7-6-16-10-11(8-14-16)12-9-15-17-5-3-2-4-13(12)17/h8-10H,2-7H2,1H3. The molecule has 18 heavy (non-hydrogen) atoms. The molecule has 2 aromatic rings. The largest absolute Gasteiger partial charge is 0.383 e. The molecule has 0 spiro atoms. The van der Waals surface area contributed by atoms with Crippen molar-refractivity contribution in [1.82, 2.24) is 19.6 Å². The Balaban J connectivity index is 1.85. The van der Waals surface area contributed by atoms with Gasteiger partial charge >= 0.3 is 0 Å². The van der Waals surface area contributed by atoms with E-state index in [9.17, 15) is 0 Å². The molecular formula is C13H18N4O. The molecule has 3 rings (SSSR count). The fourth-order valence-electron chi connectivity index (χ4n) is 2.47. The lowest BCUT2D eigenvalue weighted by Gasteiger charge is -2.14. The van der Waals surface area contributed by atoms with Crippen molar-refractivity contribution in [2.24, 2.45) is 0 Å². The lowest BCUT2D eigenvalue weighted by Crippen LogP contribution is -2.11. The van der Waals surface area contributed by atoms with Gasteiger partial charge < -0.3 is 4.74 Å². The maximum Gasteiger partial charge on any atom is 0.0658 e.